The molecule has 4 heteroatoms. The summed E-state index contributed by atoms with van der Waals surface area (Å²) in [4.78, 5) is 15.2. The summed E-state index contributed by atoms with van der Waals surface area (Å²) in [6, 6.07) is 79.9. The average molecular weight is 820 g/mol. The number of benzene rings is 10. The fourth-order valence-electron chi connectivity index (χ4n) is 8.91. The SMILES string of the molecule is c1ccc(-c2ccc(-c3nc(-c4ccc(-c5ccccc5)cc4)nc(-c4ccc(-c5ccc(-c6cc7ccc8ccccc8c7c7sc8ccccc8c67)cc5)cc4)n3)cc2)cc1. The Morgan fingerprint density at radius 3 is 1.16 bits per heavy atom. The number of fused-ring (bicyclic) bond motifs is 7. The van der Waals surface area contributed by atoms with E-state index in [0.717, 1.165) is 38.9 Å². The summed E-state index contributed by atoms with van der Waals surface area (Å²) in [6.45, 7) is 0. The Kier molecular flexibility index (Phi) is 9.02. The largest absolute Gasteiger partial charge is 0.208 e. The van der Waals surface area contributed by atoms with Crippen LogP contribution in [0.3, 0.4) is 0 Å². The average Bonchev–Trinajstić information content (AvgIpc) is 3.76. The van der Waals surface area contributed by atoms with Gasteiger partial charge in [0.25, 0.3) is 0 Å². The predicted molar refractivity (Wildman–Crippen MR) is 266 cm³/mol. The zero-order valence-corrected chi connectivity index (χ0v) is 34.9. The molecule has 0 fully saturated rings. The number of nitrogens with zero attached hydrogens (tertiary/aromatic N) is 3. The van der Waals surface area contributed by atoms with Crippen LogP contribution in [0.1, 0.15) is 0 Å². The zero-order chi connectivity index (χ0) is 41.7. The van der Waals surface area contributed by atoms with Crippen LogP contribution in [-0.4, -0.2) is 15.0 Å². The van der Waals surface area contributed by atoms with Crippen molar-refractivity contribution in [1.29, 1.82) is 0 Å². The molecule has 0 aliphatic heterocycles. The van der Waals surface area contributed by atoms with Crippen LogP contribution < -0.4 is 0 Å². The molecular weight excluding hydrogens is 783 g/mol. The van der Waals surface area contributed by atoms with E-state index in [4.69, 9.17) is 15.0 Å². The van der Waals surface area contributed by atoms with Crippen LogP contribution in [0.5, 0.6) is 0 Å². The number of hydrogen-bond acceptors (Lipinski definition) is 4. The lowest BCUT2D eigenvalue weighted by Crippen LogP contribution is -2.00. The molecule has 2 heterocycles. The van der Waals surface area contributed by atoms with Crippen molar-refractivity contribution in [3.8, 4) is 78.7 Å². The summed E-state index contributed by atoms with van der Waals surface area (Å²) in [6.07, 6.45) is 0. The molecule has 294 valence electrons. The van der Waals surface area contributed by atoms with Gasteiger partial charge in [0.05, 0.1) is 0 Å². The van der Waals surface area contributed by atoms with Crippen LogP contribution in [0.15, 0.2) is 224 Å². The van der Waals surface area contributed by atoms with Crippen molar-refractivity contribution in [3.05, 3.63) is 224 Å². The topological polar surface area (TPSA) is 38.7 Å². The third kappa shape index (κ3) is 6.74. The summed E-state index contributed by atoms with van der Waals surface area (Å²) in [5, 5.41) is 7.80. The second-order valence-corrected chi connectivity index (χ2v) is 17.0. The number of rotatable bonds is 7. The van der Waals surface area contributed by atoms with Crippen molar-refractivity contribution in [2.75, 3.05) is 0 Å². The molecule has 0 N–H and O–H groups in total. The van der Waals surface area contributed by atoms with Crippen molar-refractivity contribution < 1.29 is 0 Å². The highest BCUT2D eigenvalue weighted by Gasteiger charge is 2.18. The lowest BCUT2D eigenvalue weighted by molar-refractivity contribution is 1.07. The van der Waals surface area contributed by atoms with Crippen LogP contribution >= 0.6 is 11.3 Å². The highest BCUT2D eigenvalue weighted by Crippen LogP contribution is 2.46. The molecule has 10 aromatic carbocycles. The maximum Gasteiger partial charge on any atom is 0.164 e. The molecule has 2 aromatic heterocycles. The smallest absolute Gasteiger partial charge is 0.164 e. The van der Waals surface area contributed by atoms with Crippen molar-refractivity contribution in [2.24, 2.45) is 0 Å². The molecule has 0 aliphatic rings. The molecule has 63 heavy (non-hydrogen) atoms. The van der Waals surface area contributed by atoms with Crippen LogP contribution in [-0.2, 0) is 0 Å². The van der Waals surface area contributed by atoms with Gasteiger partial charge in [-0.25, -0.2) is 15.0 Å². The second-order valence-electron chi connectivity index (χ2n) is 16.0. The summed E-state index contributed by atoms with van der Waals surface area (Å²) >= 11 is 1.90. The zero-order valence-electron chi connectivity index (χ0n) is 34.1. The minimum absolute atomic E-state index is 0.632. The van der Waals surface area contributed by atoms with Crippen LogP contribution in [0, 0.1) is 0 Å². The van der Waals surface area contributed by atoms with E-state index in [1.54, 1.807) is 0 Å². The second kappa shape index (κ2) is 15.4. The molecule has 12 rings (SSSR count). The van der Waals surface area contributed by atoms with Crippen molar-refractivity contribution in [3.63, 3.8) is 0 Å². The van der Waals surface area contributed by atoms with E-state index < -0.39 is 0 Å². The van der Waals surface area contributed by atoms with Gasteiger partial charge >= 0.3 is 0 Å². The van der Waals surface area contributed by atoms with Crippen molar-refractivity contribution in [2.45, 2.75) is 0 Å². The fourth-order valence-corrected chi connectivity index (χ4v) is 10.2. The van der Waals surface area contributed by atoms with Gasteiger partial charge in [0.15, 0.2) is 17.5 Å². The Hall–Kier alpha value is -8.05. The fraction of sp³-hybridized carbons (Fsp3) is 0. The lowest BCUT2D eigenvalue weighted by Gasteiger charge is -2.12. The first kappa shape index (κ1) is 36.8. The Labute approximate surface area is 369 Å². The first-order chi connectivity index (χ1) is 31.2. The molecule has 0 bridgehead atoms. The normalized spacial score (nSPS) is 11.5. The van der Waals surface area contributed by atoms with Crippen LogP contribution in [0.25, 0.3) is 120 Å². The first-order valence-electron chi connectivity index (χ1n) is 21.2. The van der Waals surface area contributed by atoms with E-state index in [0.29, 0.717) is 17.5 Å². The molecule has 0 atom stereocenters. The van der Waals surface area contributed by atoms with E-state index >= 15 is 0 Å². The van der Waals surface area contributed by atoms with Gasteiger partial charge in [0.1, 0.15) is 0 Å². The summed E-state index contributed by atoms with van der Waals surface area (Å²) in [7, 11) is 0. The van der Waals surface area contributed by atoms with Gasteiger partial charge in [-0.15, -0.1) is 11.3 Å². The van der Waals surface area contributed by atoms with Gasteiger partial charge in [0, 0.05) is 42.2 Å². The minimum Gasteiger partial charge on any atom is -0.208 e. The lowest BCUT2D eigenvalue weighted by atomic mass is 9.92. The molecule has 0 saturated carbocycles. The van der Waals surface area contributed by atoms with E-state index in [2.05, 4.69) is 212 Å². The third-order valence-electron chi connectivity index (χ3n) is 12.2. The van der Waals surface area contributed by atoms with Crippen LogP contribution in [0.4, 0.5) is 0 Å². The Balaban J connectivity index is 0.899. The Morgan fingerprint density at radius 2 is 0.651 bits per heavy atom. The van der Waals surface area contributed by atoms with Gasteiger partial charge in [-0.1, -0.05) is 212 Å². The minimum atomic E-state index is 0.632. The van der Waals surface area contributed by atoms with Crippen molar-refractivity contribution in [1.82, 2.24) is 15.0 Å². The maximum absolute atomic E-state index is 5.07. The highest BCUT2D eigenvalue weighted by atomic mass is 32.1. The monoisotopic (exact) mass is 819 g/mol. The molecule has 0 radical (unpaired) electrons. The Morgan fingerprint density at radius 1 is 0.270 bits per heavy atom. The van der Waals surface area contributed by atoms with E-state index in [9.17, 15) is 0 Å². The van der Waals surface area contributed by atoms with Gasteiger partial charge in [-0.2, -0.15) is 0 Å². The highest BCUT2D eigenvalue weighted by molar-refractivity contribution is 7.27. The number of hydrogen-bond donors (Lipinski definition) is 0. The first-order valence-corrected chi connectivity index (χ1v) is 22.1. The molecule has 0 amide bonds. The quantitative estimate of drug-likeness (QED) is 0.150. The third-order valence-corrected chi connectivity index (χ3v) is 13.3. The number of thiophene rings is 1. The predicted octanol–water partition coefficient (Wildman–Crippen LogP) is 16.2. The molecule has 0 saturated heterocycles. The summed E-state index contributed by atoms with van der Waals surface area (Å²) in [5.41, 5.74) is 12.2. The standard InChI is InChI=1S/C59H37N3S/c1-3-11-38(12-4-1)40-21-30-46(31-22-40)57-60-58(47-32-23-41(24-33-47)39-13-5-2-6-14-39)62-59(61-57)48-34-25-43(26-35-48)42-19-27-45(28-20-42)52-37-49-36-29-44-15-7-8-16-50(44)54(49)56-55(52)51-17-9-10-18-53(51)63-56/h1-37H. The number of aromatic nitrogens is 3. The molecule has 3 nitrogen and oxygen atoms in total. The van der Waals surface area contributed by atoms with Gasteiger partial charge < -0.3 is 0 Å². The van der Waals surface area contributed by atoms with Crippen LogP contribution in [0.2, 0.25) is 0 Å². The van der Waals surface area contributed by atoms with E-state index in [1.165, 1.54) is 64.0 Å². The van der Waals surface area contributed by atoms with E-state index in [1.807, 2.05) is 23.5 Å². The molecule has 0 unspecified atom stereocenters. The molecule has 0 spiro atoms. The van der Waals surface area contributed by atoms with Gasteiger partial charge in [0.2, 0.25) is 0 Å². The summed E-state index contributed by atoms with van der Waals surface area (Å²) < 4.78 is 2.66. The summed E-state index contributed by atoms with van der Waals surface area (Å²) in [5.74, 6) is 1.90. The molecule has 12 aromatic rings. The van der Waals surface area contributed by atoms with Crippen molar-refractivity contribution >= 4 is 53.1 Å². The van der Waals surface area contributed by atoms with E-state index in [-0.39, 0.29) is 0 Å². The Bertz CT molecular complexity index is 3520. The van der Waals surface area contributed by atoms with Gasteiger partial charge in [-0.05, 0) is 72.8 Å². The molecule has 0 aliphatic carbocycles. The van der Waals surface area contributed by atoms with Gasteiger partial charge in [-0.3, -0.25) is 0 Å². The molecular formula is C59H37N3S. The maximum atomic E-state index is 5.07.